The molecule has 0 unspecified atom stereocenters. The molecule has 3 aromatic rings. The number of rotatable bonds is 3. The summed E-state index contributed by atoms with van der Waals surface area (Å²) < 4.78 is 2.23. The van der Waals surface area contributed by atoms with Crippen molar-refractivity contribution < 1.29 is 0 Å². The normalized spacial score (nSPS) is 11.2. The smallest absolute Gasteiger partial charge is 0.0669 e. The second kappa shape index (κ2) is 5.32. The summed E-state index contributed by atoms with van der Waals surface area (Å²) in [6.45, 7) is 6.40. The summed E-state index contributed by atoms with van der Waals surface area (Å²) in [5, 5.41) is 1.24. The second-order valence-electron chi connectivity index (χ2n) is 5.47. The Bertz CT molecular complexity index is 777. The van der Waals surface area contributed by atoms with Gasteiger partial charge in [0.15, 0.2) is 0 Å². The Hall–Kier alpha value is -2.16. The van der Waals surface area contributed by atoms with E-state index in [4.69, 9.17) is 0 Å². The highest BCUT2D eigenvalue weighted by molar-refractivity contribution is 5.87. The maximum Gasteiger partial charge on any atom is 0.0669 e. The number of pyridine rings is 2. The highest BCUT2D eigenvalue weighted by atomic mass is 15.0. The average molecular weight is 279 g/mol. The molecule has 0 atom stereocenters. The van der Waals surface area contributed by atoms with Crippen LogP contribution in [-0.4, -0.2) is 14.5 Å². The molecule has 0 aromatic carbocycles. The number of hydrogen-bond acceptors (Lipinski definition) is 2. The largest absolute Gasteiger partial charge is 0.342 e. The minimum absolute atomic E-state index is 0.946. The molecule has 108 valence electrons. The third-order valence-electron chi connectivity index (χ3n) is 4.15. The summed E-state index contributed by atoms with van der Waals surface area (Å²) in [6.07, 6.45) is 5.85. The molecule has 0 N–H and O–H groups in total. The van der Waals surface area contributed by atoms with Crippen LogP contribution in [0.4, 0.5) is 0 Å². The topological polar surface area (TPSA) is 30.7 Å². The Kier molecular flexibility index (Phi) is 3.50. The third kappa shape index (κ3) is 2.23. The Labute approximate surface area is 125 Å². The highest BCUT2D eigenvalue weighted by Gasteiger charge is 2.15. The Morgan fingerprint density at radius 1 is 1.10 bits per heavy atom. The van der Waals surface area contributed by atoms with Crippen molar-refractivity contribution in [2.75, 3.05) is 0 Å². The SMILES string of the molecule is CCc1ccnc(CC)c1-c1cc2cc(C)ncc2n1C. The maximum absolute atomic E-state index is 4.58. The fraction of sp³-hybridized carbons (Fsp3) is 0.333. The molecule has 3 rings (SSSR count). The minimum atomic E-state index is 0.946. The van der Waals surface area contributed by atoms with Crippen molar-refractivity contribution in [2.24, 2.45) is 7.05 Å². The van der Waals surface area contributed by atoms with Gasteiger partial charge in [0.25, 0.3) is 0 Å². The Morgan fingerprint density at radius 2 is 1.90 bits per heavy atom. The van der Waals surface area contributed by atoms with Crippen LogP contribution in [0.2, 0.25) is 0 Å². The second-order valence-corrected chi connectivity index (χ2v) is 5.47. The number of aryl methyl sites for hydroxylation is 4. The van der Waals surface area contributed by atoms with Crippen molar-refractivity contribution in [3.05, 3.63) is 47.5 Å². The van der Waals surface area contributed by atoms with Crippen LogP contribution in [0.3, 0.4) is 0 Å². The molecule has 0 aliphatic carbocycles. The summed E-state index contributed by atoms with van der Waals surface area (Å²) in [4.78, 5) is 9.01. The van der Waals surface area contributed by atoms with Crippen molar-refractivity contribution in [1.82, 2.24) is 14.5 Å². The molecule has 3 aromatic heterocycles. The van der Waals surface area contributed by atoms with E-state index in [1.165, 1.54) is 33.4 Å². The van der Waals surface area contributed by atoms with Gasteiger partial charge in [-0.2, -0.15) is 0 Å². The quantitative estimate of drug-likeness (QED) is 0.723. The first-order valence-electron chi connectivity index (χ1n) is 7.54. The van der Waals surface area contributed by atoms with Crippen LogP contribution < -0.4 is 0 Å². The molecule has 21 heavy (non-hydrogen) atoms. The van der Waals surface area contributed by atoms with Crippen LogP contribution in [0.1, 0.15) is 30.8 Å². The zero-order chi connectivity index (χ0) is 15.0. The standard InChI is InChI=1S/C18H21N3/c1-5-13-7-8-19-15(6-2)18(13)16-10-14-9-12(3)20-11-17(14)21(16)4/h7-11H,5-6H2,1-4H3. The van der Waals surface area contributed by atoms with Gasteiger partial charge in [0.2, 0.25) is 0 Å². The van der Waals surface area contributed by atoms with E-state index >= 15 is 0 Å². The lowest BCUT2D eigenvalue weighted by atomic mass is 10.00. The summed E-state index contributed by atoms with van der Waals surface area (Å²) >= 11 is 0. The van der Waals surface area contributed by atoms with Crippen molar-refractivity contribution in [2.45, 2.75) is 33.6 Å². The highest BCUT2D eigenvalue weighted by Crippen LogP contribution is 2.32. The molecule has 3 heterocycles. The van der Waals surface area contributed by atoms with Crippen LogP contribution in [0.25, 0.3) is 22.2 Å². The molecule has 3 nitrogen and oxygen atoms in total. The summed E-state index contributed by atoms with van der Waals surface area (Å²) in [5.74, 6) is 0. The summed E-state index contributed by atoms with van der Waals surface area (Å²) in [5.41, 5.74) is 7.28. The van der Waals surface area contributed by atoms with Crippen LogP contribution >= 0.6 is 0 Å². The first-order valence-corrected chi connectivity index (χ1v) is 7.54. The Morgan fingerprint density at radius 3 is 2.62 bits per heavy atom. The lowest BCUT2D eigenvalue weighted by molar-refractivity contribution is 0.946. The van der Waals surface area contributed by atoms with E-state index in [0.717, 1.165) is 18.5 Å². The van der Waals surface area contributed by atoms with E-state index in [-0.39, 0.29) is 0 Å². The van der Waals surface area contributed by atoms with E-state index in [1.54, 1.807) is 0 Å². The van der Waals surface area contributed by atoms with Gasteiger partial charge < -0.3 is 4.57 Å². The van der Waals surface area contributed by atoms with Gasteiger partial charge in [-0.3, -0.25) is 9.97 Å². The van der Waals surface area contributed by atoms with Crippen molar-refractivity contribution in [3.63, 3.8) is 0 Å². The lowest BCUT2D eigenvalue weighted by Gasteiger charge is -2.13. The molecule has 0 aliphatic rings. The lowest BCUT2D eigenvalue weighted by Crippen LogP contribution is -2.01. The van der Waals surface area contributed by atoms with E-state index in [2.05, 4.69) is 53.6 Å². The van der Waals surface area contributed by atoms with Gasteiger partial charge in [-0.05, 0) is 43.5 Å². The van der Waals surface area contributed by atoms with Crippen LogP contribution in [-0.2, 0) is 19.9 Å². The van der Waals surface area contributed by atoms with Gasteiger partial charge >= 0.3 is 0 Å². The van der Waals surface area contributed by atoms with Gasteiger partial charge in [0.1, 0.15) is 0 Å². The number of fused-ring (bicyclic) bond motifs is 1. The van der Waals surface area contributed by atoms with Crippen LogP contribution in [0.5, 0.6) is 0 Å². The first-order chi connectivity index (χ1) is 10.2. The predicted octanol–water partition coefficient (Wildman–Crippen LogP) is 4.07. The molecule has 0 amide bonds. The maximum atomic E-state index is 4.58. The fourth-order valence-electron chi connectivity index (χ4n) is 3.01. The monoisotopic (exact) mass is 279 g/mol. The Balaban J connectivity index is 2.32. The van der Waals surface area contributed by atoms with Gasteiger partial charge in [-0.25, -0.2) is 0 Å². The first kappa shape index (κ1) is 13.8. The van der Waals surface area contributed by atoms with E-state index in [0.29, 0.717) is 0 Å². The minimum Gasteiger partial charge on any atom is -0.342 e. The third-order valence-corrected chi connectivity index (χ3v) is 4.15. The molecule has 3 heteroatoms. The van der Waals surface area contributed by atoms with Gasteiger partial charge in [0, 0.05) is 35.6 Å². The summed E-state index contributed by atoms with van der Waals surface area (Å²) in [6, 6.07) is 6.54. The zero-order valence-corrected chi connectivity index (χ0v) is 13.1. The molecular weight excluding hydrogens is 258 g/mol. The van der Waals surface area contributed by atoms with Crippen molar-refractivity contribution >= 4 is 10.9 Å². The molecule has 0 radical (unpaired) electrons. The average Bonchev–Trinajstić information content (AvgIpc) is 2.82. The zero-order valence-electron chi connectivity index (χ0n) is 13.1. The van der Waals surface area contributed by atoms with Gasteiger partial charge in [0.05, 0.1) is 17.4 Å². The summed E-state index contributed by atoms with van der Waals surface area (Å²) in [7, 11) is 2.11. The molecule has 0 saturated carbocycles. The number of hydrogen-bond donors (Lipinski definition) is 0. The molecule has 0 fully saturated rings. The van der Waals surface area contributed by atoms with Crippen molar-refractivity contribution in [3.8, 4) is 11.3 Å². The van der Waals surface area contributed by atoms with Crippen LogP contribution in [0.15, 0.2) is 30.6 Å². The fourth-order valence-corrected chi connectivity index (χ4v) is 3.01. The van der Waals surface area contributed by atoms with E-state index < -0.39 is 0 Å². The molecular formula is C18H21N3. The number of nitrogens with zero attached hydrogens (tertiary/aromatic N) is 3. The molecule has 0 aliphatic heterocycles. The van der Waals surface area contributed by atoms with E-state index in [9.17, 15) is 0 Å². The molecule has 0 saturated heterocycles. The predicted molar refractivity (Wildman–Crippen MR) is 87.4 cm³/mol. The van der Waals surface area contributed by atoms with E-state index in [1.807, 2.05) is 19.3 Å². The molecule has 0 spiro atoms. The number of aromatic nitrogens is 3. The van der Waals surface area contributed by atoms with Gasteiger partial charge in [-0.15, -0.1) is 0 Å². The van der Waals surface area contributed by atoms with Crippen LogP contribution in [0, 0.1) is 6.92 Å². The van der Waals surface area contributed by atoms with Crippen molar-refractivity contribution in [1.29, 1.82) is 0 Å². The van der Waals surface area contributed by atoms with Gasteiger partial charge in [-0.1, -0.05) is 13.8 Å². The molecule has 0 bridgehead atoms.